The molecule has 194 valence electrons. The second kappa shape index (κ2) is 12.8. The van der Waals surface area contributed by atoms with Crippen LogP contribution >= 0.6 is 58.2 Å². The van der Waals surface area contributed by atoms with Crippen molar-refractivity contribution >= 4 is 81.6 Å². The Morgan fingerprint density at radius 2 is 1.73 bits per heavy atom. The maximum atomic E-state index is 13.0. The molecule has 2 aromatic rings. The molecule has 2 N–H and O–H groups in total. The van der Waals surface area contributed by atoms with Crippen LogP contribution in [0.5, 0.6) is 5.75 Å². The van der Waals surface area contributed by atoms with E-state index < -0.39 is 29.6 Å². The monoisotopic (exact) mass is 601 g/mol. The number of allylic oxidation sites excluding steroid dienone is 1. The first kappa shape index (κ1) is 29.0. The highest BCUT2D eigenvalue weighted by Gasteiger charge is 2.44. The van der Waals surface area contributed by atoms with Crippen LogP contribution in [0.3, 0.4) is 0 Å². The summed E-state index contributed by atoms with van der Waals surface area (Å²) in [5.74, 6) is -4.41. The summed E-state index contributed by atoms with van der Waals surface area (Å²) < 4.78 is 10.3. The van der Waals surface area contributed by atoms with Crippen LogP contribution in [0, 0.1) is 17.2 Å². The number of nitriles is 1. The van der Waals surface area contributed by atoms with Gasteiger partial charge in [0.1, 0.15) is 5.92 Å². The Balaban J connectivity index is 1.96. The maximum absolute atomic E-state index is 13.0. The summed E-state index contributed by atoms with van der Waals surface area (Å²) in [5.41, 5.74) is 0.749. The van der Waals surface area contributed by atoms with Gasteiger partial charge < -0.3 is 20.1 Å². The number of nitrogens with one attached hydrogen (secondary N) is 2. The molecule has 2 aromatic carbocycles. The SMILES string of the molecule is CCOc1c(Cl)cc([C@H]2C(C#N)=C(SCC(=O)Nc3cc(Cl)cc(Cl)c3)NC(=O)[C@H]2C(=O)OC)cc1Cl. The average molecular weight is 603 g/mol. The second-order valence-electron chi connectivity index (χ2n) is 7.56. The molecule has 0 aliphatic carbocycles. The van der Waals surface area contributed by atoms with Crippen molar-refractivity contribution < 1.29 is 23.9 Å². The Hall–Kier alpha value is -2.61. The van der Waals surface area contributed by atoms with E-state index in [0.29, 0.717) is 27.9 Å². The number of benzene rings is 2. The van der Waals surface area contributed by atoms with Gasteiger partial charge in [0, 0.05) is 21.7 Å². The number of esters is 1. The molecule has 0 fully saturated rings. The standard InChI is InChI=1S/C24H19Cl4N3O5S/c1-3-36-21-16(27)4-11(5-17(21)28)19-15(9-29)23(31-22(33)20(19)24(34)35-2)37-10-18(32)30-14-7-12(25)6-13(26)8-14/h4-8,19-20H,3,10H2,1-2H3,(H,30,32)(H,31,33)/t19-,20-/m0/s1. The van der Waals surface area contributed by atoms with Gasteiger partial charge in [0.15, 0.2) is 5.75 Å². The molecule has 0 unspecified atom stereocenters. The molecule has 0 saturated heterocycles. The molecule has 37 heavy (non-hydrogen) atoms. The first-order valence-corrected chi connectivity index (χ1v) is 13.1. The molecule has 2 atom stereocenters. The normalized spacial score (nSPS) is 17.1. The van der Waals surface area contributed by atoms with Crippen molar-refractivity contribution in [2.45, 2.75) is 12.8 Å². The summed E-state index contributed by atoms with van der Waals surface area (Å²) >= 11 is 25.6. The molecule has 1 heterocycles. The van der Waals surface area contributed by atoms with Crippen molar-refractivity contribution in [3.63, 3.8) is 0 Å². The zero-order valence-corrected chi connectivity index (χ0v) is 23.2. The fraction of sp³-hybridized carbons (Fsp3) is 0.250. The van der Waals surface area contributed by atoms with Crippen molar-refractivity contribution in [1.82, 2.24) is 5.32 Å². The van der Waals surface area contributed by atoms with Gasteiger partial charge >= 0.3 is 5.97 Å². The van der Waals surface area contributed by atoms with Crippen LogP contribution in [-0.4, -0.2) is 37.3 Å². The molecule has 0 spiro atoms. The first-order chi connectivity index (χ1) is 17.6. The van der Waals surface area contributed by atoms with Crippen LogP contribution in [0.2, 0.25) is 20.1 Å². The molecule has 0 radical (unpaired) electrons. The number of methoxy groups -OCH3 is 1. The van der Waals surface area contributed by atoms with Gasteiger partial charge in [0.05, 0.1) is 46.2 Å². The van der Waals surface area contributed by atoms with Crippen LogP contribution in [0.15, 0.2) is 40.9 Å². The van der Waals surface area contributed by atoms with Crippen molar-refractivity contribution in [3.8, 4) is 11.8 Å². The summed E-state index contributed by atoms with van der Waals surface area (Å²) in [6, 6.07) is 9.57. The predicted molar refractivity (Wildman–Crippen MR) is 144 cm³/mol. The number of carbonyl (C=O) groups is 3. The molecular weight excluding hydrogens is 584 g/mol. The lowest BCUT2D eigenvalue weighted by Gasteiger charge is -2.31. The lowest BCUT2D eigenvalue weighted by Crippen LogP contribution is -2.44. The molecule has 0 bridgehead atoms. The third kappa shape index (κ3) is 6.83. The Morgan fingerprint density at radius 3 is 2.27 bits per heavy atom. The number of carbonyl (C=O) groups excluding carboxylic acids is 3. The Labute approximate surface area is 237 Å². The summed E-state index contributed by atoms with van der Waals surface area (Å²) in [4.78, 5) is 38.2. The van der Waals surface area contributed by atoms with Gasteiger partial charge in [-0.15, -0.1) is 0 Å². The number of amides is 2. The number of hydrogen-bond donors (Lipinski definition) is 2. The zero-order valence-electron chi connectivity index (χ0n) is 19.4. The van der Waals surface area contributed by atoms with E-state index in [4.69, 9.17) is 55.9 Å². The van der Waals surface area contributed by atoms with E-state index in [1.165, 1.54) is 30.3 Å². The number of halogens is 4. The fourth-order valence-electron chi connectivity index (χ4n) is 3.68. The van der Waals surface area contributed by atoms with Crippen LogP contribution in [0.25, 0.3) is 0 Å². The lowest BCUT2D eigenvalue weighted by molar-refractivity contribution is -0.150. The molecule has 0 aromatic heterocycles. The Bertz CT molecular complexity index is 1280. The average Bonchev–Trinajstić information content (AvgIpc) is 2.83. The molecule has 8 nitrogen and oxygen atoms in total. The van der Waals surface area contributed by atoms with Gasteiger partial charge in [-0.2, -0.15) is 5.26 Å². The van der Waals surface area contributed by atoms with Crippen molar-refractivity contribution in [2.75, 3.05) is 24.8 Å². The fourth-order valence-corrected chi connectivity index (χ4v) is 5.67. The summed E-state index contributed by atoms with van der Waals surface area (Å²) in [7, 11) is 1.14. The van der Waals surface area contributed by atoms with E-state index in [0.717, 1.165) is 18.9 Å². The van der Waals surface area contributed by atoms with Gasteiger partial charge in [0.25, 0.3) is 0 Å². The van der Waals surface area contributed by atoms with Gasteiger partial charge in [-0.1, -0.05) is 58.2 Å². The minimum absolute atomic E-state index is 0.0369. The van der Waals surface area contributed by atoms with Crippen molar-refractivity contribution in [2.24, 2.45) is 5.92 Å². The Kier molecular flexibility index (Phi) is 9.99. The quantitative estimate of drug-likeness (QED) is 0.289. The number of hydrogen-bond acceptors (Lipinski definition) is 7. The van der Waals surface area contributed by atoms with E-state index in [9.17, 15) is 19.6 Å². The topological polar surface area (TPSA) is 118 Å². The van der Waals surface area contributed by atoms with Crippen LogP contribution < -0.4 is 15.4 Å². The van der Waals surface area contributed by atoms with Gasteiger partial charge in [-0.25, -0.2) is 0 Å². The lowest BCUT2D eigenvalue weighted by atomic mass is 9.78. The minimum Gasteiger partial charge on any atom is -0.491 e. The highest BCUT2D eigenvalue weighted by atomic mass is 35.5. The third-order valence-electron chi connectivity index (χ3n) is 5.15. The number of rotatable bonds is 8. The minimum atomic E-state index is -1.39. The van der Waals surface area contributed by atoms with Crippen LogP contribution in [0.1, 0.15) is 18.4 Å². The van der Waals surface area contributed by atoms with Gasteiger partial charge in [-0.05, 0) is 42.8 Å². The van der Waals surface area contributed by atoms with E-state index in [-0.39, 0.29) is 32.1 Å². The molecule has 1 aliphatic rings. The van der Waals surface area contributed by atoms with Crippen molar-refractivity contribution in [3.05, 3.63) is 66.6 Å². The second-order valence-corrected chi connectivity index (χ2v) is 10.2. The third-order valence-corrected chi connectivity index (χ3v) is 7.16. The van der Waals surface area contributed by atoms with Crippen molar-refractivity contribution in [1.29, 1.82) is 5.26 Å². The van der Waals surface area contributed by atoms with E-state index in [1.54, 1.807) is 6.92 Å². The Morgan fingerprint density at radius 1 is 1.11 bits per heavy atom. The zero-order chi connectivity index (χ0) is 27.3. The summed E-state index contributed by atoms with van der Waals surface area (Å²) in [6.07, 6.45) is 0. The van der Waals surface area contributed by atoms with E-state index in [2.05, 4.69) is 16.7 Å². The summed E-state index contributed by atoms with van der Waals surface area (Å²) in [6.45, 7) is 2.07. The molecule has 13 heteroatoms. The van der Waals surface area contributed by atoms with E-state index in [1.807, 2.05) is 0 Å². The molecule has 3 rings (SSSR count). The maximum Gasteiger partial charge on any atom is 0.319 e. The molecule has 2 amide bonds. The number of anilines is 1. The predicted octanol–water partition coefficient (Wildman–Crippen LogP) is 5.81. The van der Waals surface area contributed by atoms with Gasteiger partial charge in [-0.3, -0.25) is 14.4 Å². The smallest absolute Gasteiger partial charge is 0.319 e. The van der Waals surface area contributed by atoms with Crippen LogP contribution in [0.4, 0.5) is 5.69 Å². The van der Waals surface area contributed by atoms with Crippen LogP contribution in [-0.2, 0) is 19.1 Å². The van der Waals surface area contributed by atoms with Gasteiger partial charge in [0.2, 0.25) is 11.8 Å². The first-order valence-electron chi connectivity index (χ1n) is 10.6. The molecular formula is C24H19Cl4N3O5S. The van der Waals surface area contributed by atoms with E-state index >= 15 is 0 Å². The number of nitrogens with zero attached hydrogens (tertiary/aromatic N) is 1. The number of thioether (sulfide) groups is 1. The molecule has 1 aliphatic heterocycles. The molecule has 0 saturated carbocycles. The highest BCUT2D eigenvalue weighted by Crippen LogP contribution is 2.44. The largest absolute Gasteiger partial charge is 0.491 e. The highest BCUT2D eigenvalue weighted by molar-refractivity contribution is 8.03. The summed E-state index contributed by atoms with van der Waals surface area (Å²) in [5, 5.41) is 16.3. The number of ether oxygens (including phenoxy) is 2.